The van der Waals surface area contributed by atoms with Crippen LogP contribution in [0.1, 0.15) is 25.0 Å². The first-order valence-electron chi connectivity index (χ1n) is 7.42. The summed E-state index contributed by atoms with van der Waals surface area (Å²) in [6.07, 6.45) is -3.91. The van der Waals surface area contributed by atoms with Gasteiger partial charge < -0.3 is 4.74 Å². The molecular weight excluding hydrogens is 367 g/mol. The zero-order valence-corrected chi connectivity index (χ0v) is 14.4. The van der Waals surface area contributed by atoms with Crippen molar-refractivity contribution in [2.75, 3.05) is 0 Å². The third-order valence-electron chi connectivity index (χ3n) is 4.50. The lowest BCUT2D eigenvalue weighted by atomic mass is 10.1. The molecule has 0 heterocycles. The smallest absolute Gasteiger partial charge is 0.426 e. The number of allylic oxidation sites excluding steroid dienone is 2. The lowest BCUT2D eigenvalue weighted by Crippen LogP contribution is -2.12. The van der Waals surface area contributed by atoms with Gasteiger partial charge in [0.15, 0.2) is 0 Å². The highest BCUT2D eigenvalue weighted by molar-refractivity contribution is 6.30. The Morgan fingerprint density at radius 2 is 1.92 bits per heavy atom. The Morgan fingerprint density at radius 3 is 2.48 bits per heavy atom. The van der Waals surface area contributed by atoms with Crippen molar-refractivity contribution in [2.45, 2.75) is 33.6 Å². The Labute approximate surface area is 146 Å². The van der Waals surface area contributed by atoms with Gasteiger partial charge >= 0.3 is 12.1 Å². The van der Waals surface area contributed by atoms with Crippen LogP contribution >= 0.6 is 11.6 Å². The predicted molar refractivity (Wildman–Crippen MR) is 81.6 cm³/mol. The van der Waals surface area contributed by atoms with E-state index in [9.17, 15) is 26.7 Å². The summed E-state index contributed by atoms with van der Waals surface area (Å²) in [4.78, 5) is 12.1. The van der Waals surface area contributed by atoms with E-state index in [4.69, 9.17) is 16.3 Å². The number of benzene rings is 1. The third-order valence-corrected chi connectivity index (χ3v) is 4.84. The van der Waals surface area contributed by atoms with Crippen molar-refractivity contribution in [3.8, 4) is 0 Å². The largest absolute Gasteiger partial charge is 0.460 e. The Hall–Kier alpha value is -1.63. The van der Waals surface area contributed by atoms with Crippen molar-refractivity contribution < 1.29 is 31.5 Å². The van der Waals surface area contributed by atoms with Crippen molar-refractivity contribution in [3.63, 3.8) is 0 Å². The van der Waals surface area contributed by atoms with Crippen LogP contribution in [0.3, 0.4) is 0 Å². The molecule has 0 saturated heterocycles. The minimum atomic E-state index is -4.69. The first kappa shape index (κ1) is 19.7. The number of aryl methyl sites for hydroxylation is 1. The molecule has 1 aliphatic rings. The Bertz CT molecular complexity index is 724. The molecule has 2 unspecified atom stereocenters. The van der Waals surface area contributed by atoms with Gasteiger partial charge in [-0.15, -0.1) is 0 Å². The standard InChI is InChI=1S/C17H16ClF5O2/c1-8-4-5-11(19)9(14(8)20)7-25-15(24)13-10(16(13,2)3)6-12(18)17(21,22)23/h4-6,10,13H,7H2,1-3H3. The lowest BCUT2D eigenvalue weighted by molar-refractivity contribution is -0.147. The van der Waals surface area contributed by atoms with E-state index in [-0.39, 0.29) is 5.56 Å². The van der Waals surface area contributed by atoms with E-state index >= 15 is 0 Å². The maximum absolute atomic E-state index is 13.9. The van der Waals surface area contributed by atoms with Gasteiger partial charge in [-0.1, -0.05) is 37.6 Å². The Morgan fingerprint density at radius 1 is 1.32 bits per heavy atom. The molecule has 0 aromatic heterocycles. The zero-order chi connectivity index (χ0) is 19.2. The summed E-state index contributed by atoms with van der Waals surface area (Å²) in [6.45, 7) is 3.99. The first-order valence-corrected chi connectivity index (χ1v) is 7.79. The minimum Gasteiger partial charge on any atom is -0.460 e. The molecule has 1 aromatic rings. The number of hydrogen-bond acceptors (Lipinski definition) is 2. The fourth-order valence-electron chi connectivity index (χ4n) is 2.77. The molecule has 0 N–H and O–H groups in total. The number of carbonyl (C=O) groups is 1. The van der Waals surface area contributed by atoms with Crippen molar-refractivity contribution >= 4 is 17.6 Å². The van der Waals surface area contributed by atoms with Gasteiger partial charge in [0.2, 0.25) is 0 Å². The fourth-order valence-corrected chi connectivity index (χ4v) is 2.91. The molecule has 0 amide bonds. The second kappa shape index (κ2) is 6.59. The van der Waals surface area contributed by atoms with Gasteiger partial charge in [-0.2, -0.15) is 13.2 Å². The quantitative estimate of drug-likeness (QED) is 0.523. The summed E-state index contributed by atoms with van der Waals surface area (Å²) >= 11 is 5.21. The highest BCUT2D eigenvalue weighted by atomic mass is 35.5. The Kier molecular flexibility index (Phi) is 5.19. The van der Waals surface area contributed by atoms with Crippen LogP contribution in [-0.2, 0) is 16.1 Å². The van der Waals surface area contributed by atoms with Crippen molar-refractivity contribution in [2.24, 2.45) is 17.3 Å². The molecule has 1 saturated carbocycles. The maximum Gasteiger partial charge on any atom is 0.426 e. The zero-order valence-electron chi connectivity index (χ0n) is 13.7. The molecule has 138 valence electrons. The van der Waals surface area contributed by atoms with E-state index in [0.717, 1.165) is 12.1 Å². The molecule has 2 atom stereocenters. The Balaban J connectivity index is 2.09. The fraction of sp³-hybridized carbons (Fsp3) is 0.471. The summed E-state index contributed by atoms with van der Waals surface area (Å²) in [6, 6.07) is 2.30. The number of ether oxygens (including phenoxy) is 1. The molecule has 0 bridgehead atoms. The molecule has 1 aliphatic carbocycles. The molecule has 25 heavy (non-hydrogen) atoms. The van der Waals surface area contributed by atoms with Crippen LogP contribution in [0.25, 0.3) is 0 Å². The monoisotopic (exact) mass is 382 g/mol. The average Bonchev–Trinajstić information content (AvgIpc) is 3.02. The summed E-state index contributed by atoms with van der Waals surface area (Å²) in [7, 11) is 0. The number of alkyl halides is 3. The van der Waals surface area contributed by atoms with Crippen molar-refractivity contribution in [1.29, 1.82) is 0 Å². The van der Waals surface area contributed by atoms with E-state index in [1.807, 2.05) is 0 Å². The molecule has 0 aliphatic heterocycles. The molecule has 8 heteroatoms. The normalized spacial score (nSPS) is 22.7. The van der Waals surface area contributed by atoms with Crippen LogP contribution in [0.2, 0.25) is 0 Å². The van der Waals surface area contributed by atoms with Gasteiger partial charge in [0.1, 0.15) is 23.3 Å². The van der Waals surface area contributed by atoms with E-state index in [1.54, 1.807) is 13.8 Å². The van der Waals surface area contributed by atoms with E-state index in [1.165, 1.54) is 13.0 Å². The predicted octanol–water partition coefficient (Wildman–Crippen LogP) is 5.27. The second-order valence-corrected chi connectivity index (χ2v) is 7.01. The van der Waals surface area contributed by atoms with Crippen LogP contribution in [0.15, 0.2) is 23.2 Å². The number of hydrogen-bond donors (Lipinski definition) is 0. The highest BCUT2D eigenvalue weighted by Gasteiger charge is 2.62. The van der Waals surface area contributed by atoms with E-state index in [0.29, 0.717) is 0 Å². The SMILES string of the molecule is Cc1ccc(F)c(COC(=O)C2C(C=C(Cl)C(F)(F)F)C2(C)C)c1F. The van der Waals surface area contributed by atoms with E-state index < -0.39 is 58.2 Å². The molecular formula is C17H16ClF5O2. The van der Waals surface area contributed by atoms with Crippen LogP contribution in [0, 0.1) is 35.8 Å². The average molecular weight is 383 g/mol. The molecule has 0 radical (unpaired) electrons. The van der Waals surface area contributed by atoms with Gasteiger partial charge in [0, 0.05) is 0 Å². The number of halogens is 6. The minimum absolute atomic E-state index is 0.192. The molecule has 2 nitrogen and oxygen atoms in total. The summed E-state index contributed by atoms with van der Waals surface area (Å²) < 4.78 is 70.0. The highest BCUT2D eigenvalue weighted by Crippen LogP contribution is 2.60. The van der Waals surface area contributed by atoms with Gasteiger partial charge in [0.05, 0.1) is 11.5 Å². The maximum atomic E-state index is 13.9. The molecule has 2 rings (SSSR count). The lowest BCUT2D eigenvalue weighted by Gasteiger charge is -2.09. The van der Waals surface area contributed by atoms with Crippen LogP contribution in [0.5, 0.6) is 0 Å². The van der Waals surface area contributed by atoms with Gasteiger partial charge in [-0.25, -0.2) is 8.78 Å². The van der Waals surface area contributed by atoms with Crippen LogP contribution in [-0.4, -0.2) is 12.1 Å². The van der Waals surface area contributed by atoms with Gasteiger partial charge in [-0.3, -0.25) is 4.79 Å². The topological polar surface area (TPSA) is 26.3 Å². The summed E-state index contributed by atoms with van der Waals surface area (Å²) in [5, 5.41) is -1.31. The van der Waals surface area contributed by atoms with E-state index in [2.05, 4.69) is 0 Å². The molecule has 1 aromatic carbocycles. The van der Waals surface area contributed by atoms with Crippen LogP contribution < -0.4 is 0 Å². The van der Waals surface area contributed by atoms with Gasteiger partial charge in [-0.05, 0) is 29.9 Å². The van der Waals surface area contributed by atoms with Crippen LogP contribution in [0.4, 0.5) is 22.0 Å². The third kappa shape index (κ3) is 3.97. The first-order chi connectivity index (χ1) is 11.4. The number of carbonyl (C=O) groups excluding carboxylic acids is 1. The number of rotatable bonds is 4. The van der Waals surface area contributed by atoms with Crippen molar-refractivity contribution in [1.82, 2.24) is 0 Å². The second-order valence-electron chi connectivity index (χ2n) is 6.60. The summed E-state index contributed by atoms with van der Waals surface area (Å²) in [5.41, 5.74) is -0.990. The van der Waals surface area contributed by atoms with Crippen molar-refractivity contribution in [3.05, 3.63) is 46.0 Å². The molecule has 1 fully saturated rings. The van der Waals surface area contributed by atoms with Gasteiger partial charge in [0.25, 0.3) is 0 Å². The number of esters is 1. The molecule has 0 spiro atoms. The summed E-state index contributed by atoms with van der Waals surface area (Å²) in [5.74, 6) is -4.12.